The first-order valence-electron chi connectivity index (χ1n) is 4.54. The van der Waals surface area contributed by atoms with E-state index in [1.165, 1.54) is 38.5 Å². The molecular weight excluding hydrogens is 158 g/mol. The van der Waals surface area contributed by atoms with Crippen LogP contribution in [0.25, 0.3) is 0 Å². The molecule has 1 saturated carbocycles. The highest BCUT2D eigenvalue weighted by molar-refractivity contribution is 5.85. The minimum Gasteiger partial charge on any atom is -0.328 e. The lowest BCUT2D eigenvalue weighted by Gasteiger charge is -2.09. The molecule has 0 heterocycles. The summed E-state index contributed by atoms with van der Waals surface area (Å²) in [5.41, 5.74) is 5.67. The fraction of sp³-hybridized carbons (Fsp3) is 1.00. The van der Waals surface area contributed by atoms with E-state index < -0.39 is 0 Å². The van der Waals surface area contributed by atoms with Crippen molar-refractivity contribution in [1.82, 2.24) is 0 Å². The maximum Gasteiger partial charge on any atom is 0.00105 e. The Morgan fingerprint density at radius 2 is 1.91 bits per heavy atom. The normalized spacial score (nSPS) is 21.3. The van der Waals surface area contributed by atoms with E-state index in [2.05, 4.69) is 6.92 Å². The molecule has 0 bridgehead atoms. The van der Waals surface area contributed by atoms with Gasteiger partial charge in [0.15, 0.2) is 0 Å². The fourth-order valence-electron chi connectivity index (χ4n) is 1.80. The molecule has 2 heteroatoms. The van der Waals surface area contributed by atoms with Crippen molar-refractivity contribution in [3.63, 3.8) is 0 Å². The maximum atomic E-state index is 5.67. The minimum absolute atomic E-state index is 0. The summed E-state index contributed by atoms with van der Waals surface area (Å²) >= 11 is 0. The summed E-state index contributed by atoms with van der Waals surface area (Å²) < 4.78 is 0. The lowest BCUT2D eigenvalue weighted by Crippen LogP contribution is -2.15. The summed E-state index contributed by atoms with van der Waals surface area (Å²) in [6, 6.07) is 0.417. The van der Waals surface area contributed by atoms with E-state index >= 15 is 0 Å². The molecular formula is C9H20ClN. The van der Waals surface area contributed by atoms with Crippen LogP contribution in [0.2, 0.25) is 0 Å². The van der Waals surface area contributed by atoms with Crippen LogP contribution >= 0.6 is 12.4 Å². The average Bonchev–Trinajstić information content (AvgIpc) is 2.34. The highest BCUT2D eigenvalue weighted by Gasteiger charge is 2.14. The van der Waals surface area contributed by atoms with Crippen LogP contribution in [0.4, 0.5) is 0 Å². The van der Waals surface area contributed by atoms with Crippen molar-refractivity contribution >= 4 is 12.4 Å². The molecule has 0 aromatic heterocycles. The molecule has 68 valence electrons. The number of nitrogens with two attached hydrogens (primary N) is 1. The van der Waals surface area contributed by atoms with E-state index in [0.29, 0.717) is 6.04 Å². The van der Waals surface area contributed by atoms with Gasteiger partial charge >= 0.3 is 0 Å². The van der Waals surface area contributed by atoms with Gasteiger partial charge in [0, 0.05) is 6.04 Å². The van der Waals surface area contributed by atoms with E-state index in [-0.39, 0.29) is 12.4 Å². The Balaban J connectivity index is 0.000001000. The van der Waals surface area contributed by atoms with Crippen LogP contribution in [0.5, 0.6) is 0 Å². The minimum atomic E-state index is 0. The third-order valence-electron chi connectivity index (χ3n) is 2.51. The highest BCUT2D eigenvalue weighted by Crippen LogP contribution is 2.28. The van der Waals surface area contributed by atoms with Crippen molar-refractivity contribution in [2.75, 3.05) is 0 Å². The van der Waals surface area contributed by atoms with Gasteiger partial charge in [-0.25, -0.2) is 0 Å². The van der Waals surface area contributed by atoms with Crippen molar-refractivity contribution in [2.24, 2.45) is 11.7 Å². The van der Waals surface area contributed by atoms with Crippen LogP contribution < -0.4 is 5.73 Å². The zero-order valence-electron chi connectivity index (χ0n) is 7.38. The van der Waals surface area contributed by atoms with Gasteiger partial charge in [0.25, 0.3) is 0 Å². The molecule has 0 amide bonds. The number of halogens is 1. The quantitative estimate of drug-likeness (QED) is 0.705. The molecule has 1 atom stereocenters. The lowest BCUT2D eigenvalue weighted by atomic mass is 10.00. The molecule has 1 nitrogen and oxygen atoms in total. The van der Waals surface area contributed by atoms with Crippen molar-refractivity contribution in [3.8, 4) is 0 Å². The fourth-order valence-corrected chi connectivity index (χ4v) is 1.80. The van der Waals surface area contributed by atoms with Crippen LogP contribution in [0, 0.1) is 5.92 Å². The van der Waals surface area contributed by atoms with Crippen LogP contribution in [-0.2, 0) is 0 Å². The van der Waals surface area contributed by atoms with Crippen LogP contribution in [-0.4, -0.2) is 6.04 Å². The second-order valence-corrected chi connectivity index (χ2v) is 3.71. The van der Waals surface area contributed by atoms with E-state index in [4.69, 9.17) is 5.73 Å². The van der Waals surface area contributed by atoms with Crippen LogP contribution in [0.1, 0.15) is 45.4 Å². The molecule has 1 rings (SSSR count). The summed E-state index contributed by atoms with van der Waals surface area (Å²) in [6.45, 7) is 2.11. The third kappa shape index (κ3) is 4.65. The Kier molecular flexibility index (Phi) is 5.98. The predicted octanol–water partition coefficient (Wildman–Crippen LogP) is 2.73. The highest BCUT2D eigenvalue weighted by atomic mass is 35.5. The van der Waals surface area contributed by atoms with Gasteiger partial charge in [0.1, 0.15) is 0 Å². The molecule has 0 aromatic carbocycles. The Labute approximate surface area is 76.1 Å². The van der Waals surface area contributed by atoms with Gasteiger partial charge in [-0.2, -0.15) is 0 Å². The van der Waals surface area contributed by atoms with E-state index in [0.717, 1.165) is 5.92 Å². The largest absolute Gasteiger partial charge is 0.328 e. The van der Waals surface area contributed by atoms with Crippen molar-refractivity contribution in [2.45, 2.75) is 51.5 Å². The summed E-state index contributed by atoms with van der Waals surface area (Å²) in [4.78, 5) is 0. The van der Waals surface area contributed by atoms with E-state index in [1.807, 2.05) is 0 Å². The molecule has 1 aliphatic carbocycles. The van der Waals surface area contributed by atoms with Gasteiger partial charge in [-0.05, 0) is 25.7 Å². The standard InChI is InChI=1S/C9H19N.ClH/c1-8(10)6-7-9-4-2-3-5-9;/h8-9H,2-7,10H2,1H3;1H. The Morgan fingerprint density at radius 3 is 2.36 bits per heavy atom. The van der Waals surface area contributed by atoms with Crippen molar-refractivity contribution < 1.29 is 0 Å². The molecule has 0 aliphatic heterocycles. The summed E-state index contributed by atoms with van der Waals surface area (Å²) in [5, 5.41) is 0. The zero-order valence-corrected chi connectivity index (χ0v) is 8.20. The smallest absolute Gasteiger partial charge is 0.00105 e. The molecule has 1 unspecified atom stereocenters. The maximum absolute atomic E-state index is 5.67. The first-order chi connectivity index (χ1) is 4.79. The van der Waals surface area contributed by atoms with E-state index in [1.54, 1.807) is 0 Å². The SMILES string of the molecule is CC(N)CCC1CCCC1.Cl. The topological polar surface area (TPSA) is 26.0 Å². The monoisotopic (exact) mass is 177 g/mol. The average molecular weight is 178 g/mol. The predicted molar refractivity (Wildman–Crippen MR) is 52.1 cm³/mol. The van der Waals surface area contributed by atoms with Gasteiger partial charge in [-0.15, -0.1) is 12.4 Å². The first-order valence-corrected chi connectivity index (χ1v) is 4.54. The molecule has 2 N–H and O–H groups in total. The van der Waals surface area contributed by atoms with Gasteiger partial charge in [0.05, 0.1) is 0 Å². The van der Waals surface area contributed by atoms with E-state index in [9.17, 15) is 0 Å². The second kappa shape index (κ2) is 5.84. The Morgan fingerprint density at radius 1 is 1.36 bits per heavy atom. The Hall–Kier alpha value is 0.250. The zero-order chi connectivity index (χ0) is 7.40. The Bertz CT molecular complexity index is 87.6. The summed E-state index contributed by atoms with van der Waals surface area (Å²) in [5.74, 6) is 1.02. The second-order valence-electron chi connectivity index (χ2n) is 3.71. The molecule has 0 spiro atoms. The van der Waals surface area contributed by atoms with Crippen molar-refractivity contribution in [1.29, 1.82) is 0 Å². The van der Waals surface area contributed by atoms with Crippen molar-refractivity contribution in [3.05, 3.63) is 0 Å². The molecule has 0 saturated heterocycles. The van der Waals surface area contributed by atoms with Crippen LogP contribution in [0.15, 0.2) is 0 Å². The number of hydrogen-bond acceptors (Lipinski definition) is 1. The molecule has 0 aromatic rings. The first kappa shape index (κ1) is 11.2. The molecule has 11 heavy (non-hydrogen) atoms. The van der Waals surface area contributed by atoms with Gasteiger partial charge < -0.3 is 5.73 Å². The van der Waals surface area contributed by atoms with Gasteiger partial charge in [-0.1, -0.05) is 25.7 Å². The van der Waals surface area contributed by atoms with Gasteiger partial charge in [-0.3, -0.25) is 0 Å². The lowest BCUT2D eigenvalue weighted by molar-refractivity contribution is 0.459. The van der Waals surface area contributed by atoms with Gasteiger partial charge in [0.2, 0.25) is 0 Å². The number of rotatable bonds is 3. The molecule has 1 aliphatic rings. The third-order valence-corrected chi connectivity index (χ3v) is 2.51. The summed E-state index contributed by atoms with van der Waals surface area (Å²) in [7, 11) is 0. The van der Waals surface area contributed by atoms with Crippen LogP contribution in [0.3, 0.4) is 0 Å². The number of hydrogen-bond donors (Lipinski definition) is 1. The molecule has 0 radical (unpaired) electrons. The molecule has 1 fully saturated rings. The summed E-state index contributed by atoms with van der Waals surface area (Å²) in [6.07, 6.45) is 8.45.